The lowest BCUT2D eigenvalue weighted by Gasteiger charge is -2.68. The molecule has 3 heteroatoms. The number of hydrogen-bond donors (Lipinski definition) is 0. The number of hydrogen-bond acceptors (Lipinski definition) is 0. The van der Waals surface area contributed by atoms with E-state index < -0.39 is 0 Å². The van der Waals surface area contributed by atoms with Crippen molar-refractivity contribution in [2.45, 2.75) is 28.1 Å². The van der Waals surface area contributed by atoms with Gasteiger partial charge in [0.1, 0.15) is 0 Å². The molecule has 0 aliphatic heterocycles. The molecule has 0 atom stereocenters. The minimum atomic E-state index is 0.406. The average Bonchev–Trinajstić information content (AvgIpc) is 1.98. The van der Waals surface area contributed by atoms with E-state index in [2.05, 4.69) is 28.7 Å². The second kappa shape index (κ2) is 2.80. The van der Waals surface area contributed by atoms with Gasteiger partial charge < -0.3 is 0 Å². The first-order chi connectivity index (χ1) is 6.53. The fourth-order valence-electron chi connectivity index (χ4n) is 2.87. The molecule has 0 saturated heterocycles. The Morgan fingerprint density at radius 1 is 1.14 bits per heavy atom. The predicted molar refractivity (Wildman–Crippen MR) is 68.7 cm³/mol. The minimum absolute atomic E-state index is 0.406. The van der Waals surface area contributed by atoms with Crippen LogP contribution in [0.25, 0.3) is 0 Å². The Kier molecular flexibility index (Phi) is 1.95. The van der Waals surface area contributed by atoms with Gasteiger partial charge in [0.15, 0.2) is 0 Å². The number of benzene rings is 1. The van der Waals surface area contributed by atoms with Crippen molar-refractivity contribution in [3.63, 3.8) is 0 Å². The molecule has 1 aromatic rings. The van der Waals surface area contributed by atoms with Crippen LogP contribution >= 0.6 is 45.8 Å². The summed E-state index contributed by atoms with van der Waals surface area (Å²) in [5.74, 6) is 0. The smallest absolute Gasteiger partial charge is 0.0458 e. The summed E-state index contributed by atoms with van der Waals surface area (Å²) in [5.41, 5.74) is 1.71. The molecule has 4 rings (SSSR count). The van der Waals surface area contributed by atoms with Gasteiger partial charge in [-0.05, 0) is 37.0 Å². The van der Waals surface area contributed by atoms with Gasteiger partial charge in [-0.1, -0.05) is 51.9 Å². The van der Waals surface area contributed by atoms with E-state index in [-0.39, 0.29) is 0 Å². The van der Waals surface area contributed by atoms with Crippen LogP contribution in [0.1, 0.15) is 24.8 Å². The monoisotopic (exact) mass is 338 g/mol. The van der Waals surface area contributed by atoms with Gasteiger partial charge in [-0.2, -0.15) is 0 Å². The molecule has 0 unspecified atom stereocenters. The van der Waals surface area contributed by atoms with Crippen molar-refractivity contribution in [1.82, 2.24) is 0 Å². The van der Waals surface area contributed by atoms with Crippen molar-refractivity contribution in [1.29, 1.82) is 0 Å². The van der Waals surface area contributed by atoms with Gasteiger partial charge in [0.25, 0.3) is 0 Å². The molecule has 3 saturated carbocycles. The van der Waals surface area contributed by atoms with E-state index in [1.54, 1.807) is 0 Å². The third-order valence-electron chi connectivity index (χ3n) is 3.47. The summed E-state index contributed by atoms with van der Waals surface area (Å²) in [4.78, 5) is 0. The molecular weight excluding hydrogens is 330 g/mol. The Bertz CT molecular complexity index is 394. The van der Waals surface area contributed by atoms with Gasteiger partial charge in [-0.25, -0.2) is 0 Å². The highest BCUT2D eigenvalue weighted by Gasteiger charge is 2.67. The molecule has 0 N–H and O–H groups in total. The Morgan fingerprint density at radius 2 is 1.79 bits per heavy atom. The van der Waals surface area contributed by atoms with Crippen LogP contribution in [0.15, 0.2) is 18.2 Å². The first-order valence-corrected chi connectivity index (χ1v) is 6.51. The normalized spacial score (nSPS) is 38.8. The van der Waals surface area contributed by atoms with E-state index in [0.717, 1.165) is 10.0 Å². The van der Waals surface area contributed by atoms with Gasteiger partial charge in [-0.15, -0.1) is 0 Å². The van der Waals surface area contributed by atoms with Crippen molar-refractivity contribution in [3.8, 4) is 0 Å². The summed E-state index contributed by atoms with van der Waals surface area (Å²) in [6.07, 6.45) is 3.88. The number of halogens is 3. The lowest BCUT2D eigenvalue weighted by Crippen LogP contribution is -2.66. The molecule has 0 amide bonds. The van der Waals surface area contributed by atoms with Crippen LogP contribution < -0.4 is 0 Å². The number of rotatable bonds is 1. The van der Waals surface area contributed by atoms with E-state index in [4.69, 9.17) is 23.2 Å². The van der Waals surface area contributed by atoms with Crippen molar-refractivity contribution < 1.29 is 0 Å². The van der Waals surface area contributed by atoms with Gasteiger partial charge in [0.2, 0.25) is 0 Å². The fourth-order valence-corrected chi connectivity index (χ4v) is 5.67. The van der Waals surface area contributed by atoms with E-state index in [1.165, 1.54) is 24.8 Å². The van der Waals surface area contributed by atoms with Gasteiger partial charge in [0.05, 0.1) is 0 Å². The Labute approximate surface area is 107 Å². The topological polar surface area (TPSA) is 0 Å². The molecule has 0 heterocycles. The van der Waals surface area contributed by atoms with Crippen molar-refractivity contribution in [3.05, 3.63) is 33.8 Å². The van der Waals surface area contributed by atoms with Crippen molar-refractivity contribution >= 4 is 45.8 Å². The zero-order valence-electron chi connectivity index (χ0n) is 7.49. The summed E-state index contributed by atoms with van der Waals surface area (Å²) in [5, 5.41) is 1.57. The molecule has 0 aromatic heterocycles. The van der Waals surface area contributed by atoms with Crippen LogP contribution in [0.2, 0.25) is 10.0 Å². The van der Waals surface area contributed by atoms with E-state index in [0.29, 0.717) is 8.84 Å². The average molecular weight is 339 g/mol. The van der Waals surface area contributed by atoms with Crippen molar-refractivity contribution in [2.24, 2.45) is 0 Å². The van der Waals surface area contributed by atoms with Crippen LogP contribution in [0.4, 0.5) is 0 Å². The van der Waals surface area contributed by atoms with Crippen LogP contribution in [0, 0.1) is 0 Å². The highest BCUT2D eigenvalue weighted by atomic mass is 127. The van der Waals surface area contributed by atoms with E-state index in [1.807, 2.05) is 12.1 Å². The molecule has 0 nitrogen and oxygen atoms in total. The van der Waals surface area contributed by atoms with Gasteiger partial charge >= 0.3 is 0 Å². The maximum atomic E-state index is 6.21. The Hall–Kier alpha value is 0.530. The summed E-state index contributed by atoms with van der Waals surface area (Å²) in [6.45, 7) is 0. The molecule has 1 aromatic carbocycles. The third kappa shape index (κ3) is 1.18. The molecular formula is C11H9Cl2I. The first-order valence-electron chi connectivity index (χ1n) is 4.68. The van der Waals surface area contributed by atoms with Gasteiger partial charge in [0, 0.05) is 18.9 Å². The second-order valence-corrected chi connectivity index (χ2v) is 7.72. The second-order valence-electron chi connectivity index (χ2n) is 4.59. The summed E-state index contributed by atoms with van der Waals surface area (Å²) < 4.78 is 0.598. The summed E-state index contributed by atoms with van der Waals surface area (Å²) in [6, 6.07) is 5.90. The zero-order chi connectivity index (χ0) is 9.97. The summed E-state index contributed by atoms with van der Waals surface area (Å²) >= 11 is 14.7. The lowest BCUT2D eigenvalue weighted by atomic mass is 9.42. The maximum absolute atomic E-state index is 6.21. The standard InChI is InChI=1S/C11H9Cl2I/c12-7-1-2-8(9(13)3-7)10-4-11(14,5-10)6-10/h1-3H,4-6H2. The zero-order valence-corrected chi connectivity index (χ0v) is 11.2. The van der Waals surface area contributed by atoms with E-state index in [9.17, 15) is 0 Å². The summed E-state index contributed by atoms with van der Waals surface area (Å²) in [7, 11) is 0. The molecule has 3 aliphatic rings. The van der Waals surface area contributed by atoms with Gasteiger partial charge in [-0.3, -0.25) is 0 Å². The minimum Gasteiger partial charge on any atom is -0.0843 e. The van der Waals surface area contributed by atoms with Crippen LogP contribution in [-0.2, 0) is 5.41 Å². The first kappa shape index (κ1) is 9.73. The fraction of sp³-hybridized carbons (Fsp3) is 0.455. The molecule has 3 aliphatic carbocycles. The Morgan fingerprint density at radius 3 is 2.29 bits per heavy atom. The third-order valence-corrected chi connectivity index (χ3v) is 5.16. The molecule has 2 bridgehead atoms. The Balaban J connectivity index is 1.99. The largest absolute Gasteiger partial charge is 0.0843 e. The highest BCUT2D eigenvalue weighted by Crippen LogP contribution is 2.72. The molecule has 3 fully saturated rings. The number of alkyl halides is 1. The highest BCUT2D eigenvalue weighted by molar-refractivity contribution is 14.1. The SMILES string of the molecule is Clc1ccc(C23CC(I)(C2)C3)c(Cl)c1. The molecule has 74 valence electrons. The lowest BCUT2D eigenvalue weighted by molar-refractivity contribution is 0.0221. The maximum Gasteiger partial charge on any atom is 0.0458 e. The molecule has 0 radical (unpaired) electrons. The van der Waals surface area contributed by atoms with Crippen LogP contribution in [0.3, 0.4) is 0 Å². The van der Waals surface area contributed by atoms with E-state index >= 15 is 0 Å². The van der Waals surface area contributed by atoms with Crippen molar-refractivity contribution in [2.75, 3.05) is 0 Å². The molecule has 14 heavy (non-hydrogen) atoms. The van der Waals surface area contributed by atoms with Crippen LogP contribution in [0.5, 0.6) is 0 Å². The predicted octanol–water partition coefficient (Wildman–Crippen LogP) is 4.60. The quantitative estimate of drug-likeness (QED) is 0.518. The van der Waals surface area contributed by atoms with Crippen LogP contribution in [-0.4, -0.2) is 3.42 Å². The molecule has 0 spiro atoms.